The maximum atomic E-state index is 11.7. The Morgan fingerprint density at radius 1 is 1.00 bits per heavy atom. The van der Waals surface area contributed by atoms with Crippen LogP contribution in [0.1, 0.15) is 64.1 Å². The lowest BCUT2D eigenvalue weighted by Crippen LogP contribution is -2.05. The lowest BCUT2D eigenvalue weighted by atomic mass is 9.98. The van der Waals surface area contributed by atoms with Gasteiger partial charge in [0.2, 0.25) is 0 Å². The SMILES string of the molecule is CCCc1nc2c(C)cc(-c3cn4c5c(sc4n3)CCCC5)cc2n1Cc1ccc(-c2ccccc2C(=O)O)cc1. The average molecular weight is 561 g/mol. The smallest absolute Gasteiger partial charge is 0.336 e. The molecule has 0 fully saturated rings. The Morgan fingerprint density at radius 2 is 1.80 bits per heavy atom. The van der Waals surface area contributed by atoms with Crippen LogP contribution in [0.5, 0.6) is 0 Å². The van der Waals surface area contributed by atoms with Crippen molar-refractivity contribution in [2.45, 2.75) is 58.9 Å². The molecule has 0 bridgehead atoms. The van der Waals surface area contributed by atoms with Gasteiger partial charge in [-0.15, -0.1) is 11.3 Å². The maximum Gasteiger partial charge on any atom is 0.336 e. The number of nitrogens with zero attached hydrogens (tertiary/aromatic N) is 4. The van der Waals surface area contributed by atoms with E-state index in [2.05, 4.69) is 53.3 Å². The van der Waals surface area contributed by atoms with Crippen molar-refractivity contribution in [3.05, 3.63) is 99.9 Å². The van der Waals surface area contributed by atoms with Gasteiger partial charge in [-0.1, -0.05) is 49.4 Å². The molecule has 1 N–H and O–H groups in total. The number of hydrogen-bond acceptors (Lipinski definition) is 4. The fraction of sp³-hybridized carbons (Fsp3) is 0.265. The summed E-state index contributed by atoms with van der Waals surface area (Å²) in [6.45, 7) is 5.03. The fourth-order valence-electron chi connectivity index (χ4n) is 6.18. The van der Waals surface area contributed by atoms with Crippen molar-refractivity contribution in [1.29, 1.82) is 0 Å². The number of benzene rings is 3. The summed E-state index contributed by atoms with van der Waals surface area (Å²) in [5.41, 5.74) is 10.0. The molecular weight excluding hydrogens is 528 g/mol. The highest BCUT2D eigenvalue weighted by atomic mass is 32.1. The van der Waals surface area contributed by atoms with Crippen LogP contribution >= 0.6 is 11.3 Å². The van der Waals surface area contributed by atoms with Crippen molar-refractivity contribution in [3.63, 3.8) is 0 Å². The van der Waals surface area contributed by atoms with Crippen molar-refractivity contribution in [1.82, 2.24) is 18.9 Å². The van der Waals surface area contributed by atoms with Gasteiger partial charge in [0.05, 0.1) is 22.3 Å². The molecule has 0 amide bonds. The maximum absolute atomic E-state index is 11.7. The second kappa shape index (κ2) is 10.3. The first-order valence-electron chi connectivity index (χ1n) is 14.4. The second-order valence-electron chi connectivity index (χ2n) is 11.0. The van der Waals surface area contributed by atoms with E-state index in [0.717, 1.165) is 74.6 Å². The molecule has 0 spiro atoms. The van der Waals surface area contributed by atoms with Crippen molar-refractivity contribution in [3.8, 4) is 22.4 Å². The Morgan fingerprint density at radius 3 is 2.61 bits per heavy atom. The molecule has 1 aliphatic rings. The normalized spacial score (nSPS) is 13.2. The highest BCUT2D eigenvalue weighted by Crippen LogP contribution is 2.34. The molecule has 0 saturated carbocycles. The van der Waals surface area contributed by atoms with E-state index in [1.165, 1.54) is 29.8 Å². The molecule has 7 rings (SSSR count). The molecule has 206 valence electrons. The summed E-state index contributed by atoms with van der Waals surface area (Å²) in [4.78, 5) is 24.5. The fourth-order valence-corrected chi connectivity index (χ4v) is 7.37. The van der Waals surface area contributed by atoms with Gasteiger partial charge in [-0.3, -0.25) is 4.40 Å². The number of thiazole rings is 1. The molecule has 3 aromatic heterocycles. The molecule has 3 aromatic carbocycles. The minimum absolute atomic E-state index is 0.314. The van der Waals surface area contributed by atoms with E-state index in [1.807, 2.05) is 35.6 Å². The summed E-state index contributed by atoms with van der Waals surface area (Å²) in [7, 11) is 0. The first-order chi connectivity index (χ1) is 20.0. The summed E-state index contributed by atoms with van der Waals surface area (Å²) in [5, 5.41) is 9.63. The summed E-state index contributed by atoms with van der Waals surface area (Å²) in [6.07, 6.45) is 8.99. The quantitative estimate of drug-likeness (QED) is 0.215. The molecule has 6 aromatic rings. The highest BCUT2D eigenvalue weighted by molar-refractivity contribution is 7.17. The standard InChI is InChI=1S/C34H32N4O2S/c1-3-8-31-36-32-21(2)17-24(27-20-38-28-11-6-7-12-30(28)41-34(38)35-27)18-29(32)37(31)19-22-13-15-23(16-14-22)25-9-4-5-10-26(25)33(39)40/h4-5,9-10,13-18,20H,3,6-8,11-12,19H2,1-2H3,(H,39,40). The number of hydrogen-bond donors (Lipinski definition) is 1. The van der Waals surface area contributed by atoms with E-state index < -0.39 is 5.97 Å². The predicted molar refractivity (Wildman–Crippen MR) is 165 cm³/mol. The number of carboxylic acids is 1. The molecule has 3 heterocycles. The van der Waals surface area contributed by atoms with Crippen LogP contribution in [0.3, 0.4) is 0 Å². The van der Waals surface area contributed by atoms with Gasteiger partial charge in [0.1, 0.15) is 5.82 Å². The van der Waals surface area contributed by atoms with Crippen LogP contribution in [0.15, 0.2) is 66.9 Å². The Hall–Kier alpha value is -4.23. The third kappa shape index (κ3) is 4.54. The van der Waals surface area contributed by atoms with Crippen molar-refractivity contribution in [2.24, 2.45) is 0 Å². The molecule has 0 aliphatic heterocycles. The van der Waals surface area contributed by atoms with Crippen molar-refractivity contribution in [2.75, 3.05) is 0 Å². The molecule has 41 heavy (non-hydrogen) atoms. The van der Waals surface area contributed by atoms with E-state index in [1.54, 1.807) is 12.1 Å². The Bertz CT molecular complexity index is 1930. The van der Waals surface area contributed by atoms with Gasteiger partial charge in [-0.2, -0.15) is 0 Å². The summed E-state index contributed by atoms with van der Waals surface area (Å²) >= 11 is 1.84. The zero-order valence-electron chi connectivity index (χ0n) is 23.4. The number of carboxylic acid groups (broad SMARTS) is 1. The largest absolute Gasteiger partial charge is 0.478 e. The Labute approximate surface area is 243 Å². The van der Waals surface area contributed by atoms with E-state index >= 15 is 0 Å². The summed E-state index contributed by atoms with van der Waals surface area (Å²) in [6, 6.07) is 19.9. The number of carbonyl (C=O) groups is 1. The first-order valence-corrected chi connectivity index (χ1v) is 15.2. The number of aryl methyl sites for hydroxylation is 4. The molecular formula is C34H32N4O2S. The summed E-state index contributed by atoms with van der Waals surface area (Å²) < 4.78 is 4.66. The molecule has 0 atom stereocenters. The van der Waals surface area contributed by atoms with Crippen LogP contribution in [0.2, 0.25) is 0 Å². The average Bonchev–Trinajstić information content (AvgIpc) is 3.65. The van der Waals surface area contributed by atoms with Gasteiger partial charge >= 0.3 is 5.97 Å². The molecule has 0 radical (unpaired) electrons. The molecule has 0 unspecified atom stereocenters. The molecule has 7 heteroatoms. The van der Waals surface area contributed by atoms with Crippen LogP contribution in [0.4, 0.5) is 0 Å². The van der Waals surface area contributed by atoms with Crippen molar-refractivity contribution < 1.29 is 9.90 Å². The third-order valence-corrected chi connectivity index (χ3v) is 9.38. The molecule has 0 saturated heterocycles. The van der Waals surface area contributed by atoms with Crippen LogP contribution in [-0.2, 0) is 25.8 Å². The number of rotatable bonds is 7. The zero-order chi connectivity index (χ0) is 28.1. The monoisotopic (exact) mass is 560 g/mol. The van der Waals surface area contributed by atoms with Crippen LogP contribution in [0, 0.1) is 6.92 Å². The van der Waals surface area contributed by atoms with Gasteiger partial charge in [0.25, 0.3) is 0 Å². The van der Waals surface area contributed by atoms with Crippen LogP contribution < -0.4 is 0 Å². The minimum Gasteiger partial charge on any atom is -0.478 e. The highest BCUT2D eigenvalue weighted by Gasteiger charge is 2.20. The number of imidazole rings is 2. The van der Waals surface area contributed by atoms with E-state index in [9.17, 15) is 9.90 Å². The first kappa shape index (κ1) is 25.7. The Balaban J connectivity index is 1.27. The van der Waals surface area contributed by atoms with Gasteiger partial charge in [0, 0.05) is 35.3 Å². The summed E-state index contributed by atoms with van der Waals surface area (Å²) in [5.74, 6) is 0.172. The topological polar surface area (TPSA) is 72.4 Å². The van der Waals surface area contributed by atoms with E-state index in [-0.39, 0.29) is 0 Å². The molecule has 6 nitrogen and oxygen atoms in total. The lowest BCUT2D eigenvalue weighted by Gasteiger charge is -2.12. The van der Waals surface area contributed by atoms with Crippen LogP contribution in [-0.4, -0.2) is 30.0 Å². The lowest BCUT2D eigenvalue weighted by molar-refractivity contribution is 0.0697. The number of fused-ring (bicyclic) bond motifs is 4. The predicted octanol–water partition coefficient (Wildman–Crippen LogP) is 7.97. The van der Waals surface area contributed by atoms with Gasteiger partial charge in [-0.25, -0.2) is 14.8 Å². The number of aromatic nitrogens is 4. The van der Waals surface area contributed by atoms with E-state index in [0.29, 0.717) is 12.1 Å². The second-order valence-corrected chi connectivity index (χ2v) is 12.1. The number of aromatic carboxylic acids is 1. The van der Waals surface area contributed by atoms with Crippen LogP contribution in [0.25, 0.3) is 38.4 Å². The van der Waals surface area contributed by atoms with Gasteiger partial charge < -0.3 is 9.67 Å². The molecule has 1 aliphatic carbocycles. The van der Waals surface area contributed by atoms with Crippen molar-refractivity contribution >= 4 is 33.3 Å². The Kier molecular flexibility index (Phi) is 6.47. The van der Waals surface area contributed by atoms with E-state index in [4.69, 9.17) is 9.97 Å². The van der Waals surface area contributed by atoms with Gasteiger partial charge in [0.15, 0.2) is 4.96 Å². The zero-order valence-corrected chi connectivity index (χ0v) is 24.2. The van der Waals surface area contributed by atoms with Gasteiger partial charge in [-0.05, 0) is 79.5 Å². The third-order valence-electron chi connectivity index (χ3n) is 8.22. The minimum atomic E-state index is -0.914.